The monoisotopic (exact) mass is 793 g/mol. The molecule has 286 valence electrons. The molecule has 0 spiro atoms. The summed E-state index contributed by atoms with van der Waals surface area (Å²) in [4.78, 5) is 39.9. The van der Waals surface area contributed by atoms with Crippen molar-refractivity contribution in [3.63, 3.8) is 0 Å². The number of hydrogen-bond donors (Lipinski definition) is 2. The number of nitro benzene ring substituents is 1. The molecule has 2 N–H and O–H groups in total. The number of nitro groups is 1. The van der Waals surface area contributed by atoms with Gasteiger partial charge in [-0.1, -0.05) is 41.7 Å². The number of aromatic nitrogens is 1. The van der Waals surface area contributed by atoms with Crippen molar-refractivity contribution in [1.29, 1.82) is 0 Å². The van der Waals surface area contributed by atoms with E-state index in [0.29, 0.717) is 21.0 Å². The molecular formula is C37H25F6N7O5S. The van der Waals surface area contributed by atoms with E-state index in [4.69, 9.17) is 4.74 Å². The van der Waals surface area contributed by atoms with Crippen LogP contribution in [0.25, 0.3) is 10.2 Å². The van der Waals surface area contributed by atoms with Crippen LogP contribution in [0.5, 0.6) is 5.75 Å². The number of hydrogen-bond acceptors (Lipinski definition) is 10. The lowest BCUT2D eigenvalue weighted by molar-refractivity contribution is -0.384. The van der Waals surface area contributed by atoms with E-state index in [-0.39, 0.29) is 24.5 Å². The minimum atomic E-state index is -5.28. The van der Waals surface area contributed by atoms with Gasteiger partial charge >= 0.3 is 24.2 Å². The third-order valence-corrected chi connectivity index (χ3v) is 8.64. The van der Waals surface area contributed by atoms with Crippen molar-refractivity contribution < 1.29 is 45.6 Å². The van der Waals surface area contributed by atoms with Crippen molar-refractivity contribution in [2.75, 3.05) is 22.1 Å². The molecule has 5 aromatic carbocycles. The van der Waals surface area contributed by atoms with Crippen molar-refractivity contribution >= 4 is 78.3 Å². The minimum Gasteiger partial charge on any atom is -0.493 e. The lowest BCUT2D eigenvalue weighted by Crippen LogP contribution is -2.31. The van der Waals surface area contributed by atoms with E-state index in [1.54, 1.807) is 28.8 Å². The molecule has 56 heavy (non-hydrogen) atoms. The number of amides is 2. The summed E-state index contributed by atoms with van der Waals surface area (Å²) in [6, 6.07) is 31.1. The summed E-state index contributed by atoms with van der Waals surface area (Å²) in [5, 5.41) is 23.0. The summed E-state index contributed by atoms with van der Waals surface area (Å²) in [5.41, 5.74) is 3.13. The number of thiazole rings is 1. The number of azo groups is 1. The molecule has 0 radical (unpaired) electrons. The number of nitrogens with one attached hydrogen (secondary N) is 2. The van der Waals surface area contributed by atoms with Gasteiger partial charge in [0.05, 0.1) is 27.4 Å². The highest BCUT2D eigenvalue weighted by atomic mass is 32.1. The SMILES string of the molecule is O=C(Nc1cc(NC(=O)C(F)(F)F)cc(OCCc2ccc(N(c3ccccc3)c3ccc(N=Nc4nc5ccc([N+](=O)[O-])cc5s4)cc3)cc2)c1)C(F)(F)F. The number of halogens is 6. The molecule has 0 fully saturated rings. The number of para-hydroxylation sites is 1. The number of fused-ring (bicyclic) bond motifs is 1. The van der Waals surface area contributed by atoms with Crippen LogP contribution in [-0.4, -0.2) is 40.7 Å². The first-order valence-electron chi connectivity index (χ1n) is 16.2. The molecule has 19 heteroatoms. The number of ether oxygens (including phenoxy) is 1. The number of anilines is 5. The molecule has 2 amide bonds. The topological polar surface area (TPSA) is 151 Å². The van der Waals surface area contributed by atoms with E-state index in [9.17, 15) is 46.0 Å². The Kier molecular flexibility index (Phi) is 11.3. The zero-order chi connectivity index (χ0) is 40.0. The van der Waals surface area contributed by atoms with E-state index >= 15 is 0 Å². The number of carbonyl (C=O) groups excluding carboxylic acids is 2. The van der Waals surface area contributed by atoms with Gasteiger partial charge in [-0.25, -0.2) is 4.98 Å². The van der Waals surface area contributed by atoms with Gasteiger partial charge < -0.3 is 20.3 Å². The summed E-state index contributed by atoms with van der Waals surface area (Å²) in [6.07, 6.45) is -10.3. The van der Waals surface area contributed by atoms with Gasteiger partial charge in [-0.05, 0) is 66.2 Å². The van der Waals surface area contributed by atoms with Gasteiger partial charge in [-0.2, -0.15) is 26.3 Å². The largest absolute Gasteiger partial charge is 0.493 e. The number of benzene rings is 5. The van der Waals surface area contributed by atoms with Gasteiger partial charge in [-0.15, -0.1) is 10.2 Å². The fourth-order valence-electron chi connectivity index (χ4n) is 5.18. The molecule has 12 nitrogen and oxygen atoms in total. The van der Waals surface area contributed by atoms with Gasteiger partial charge in [-0.3, -0.25) is 19.7 Å². The molecule has 6 rings (SSSR count). The maximum absolute atomic E-state index is 12.8. The summed E-state index contributed by atoms with van der Waals surface area (Å²) < 4.78 is 83.2. The third-order valence-electron chi connectivity index (χ3n) is 7.74. The van der Waals surface area contributed by atoms with Crippen LogP contribution >= 0.6 is 11.3 Å². The van der Waals surface area contributed by atoms with E-state index in [1.807, 2.05) is 71.6 Å². The van der Waals surface area contributed by atoms with Crippen LogP contribution < -0.4 is 20.3 Å². The van der Waals surface area contributed by atoms with Crippen LogP contribution in [0, 0.1) is 10.1 Å². The fourth-order valence-corrected chi connectivity index (χ4v) is 6.00. The van der Waals surface area contributed by atoms with Crippen molar-refractivity contribution in [1.82, 2.24) is 4.98 Å². The van der Waals surface area contributed by atoms with Crippen LogP contribution in [0.4, 0.5) is 71.3 Å². The summed E-state index contributed by atoms with van der Waals surface area (Å²) in [5.74, 6) is -4.94. The molecule has 0 unspecified atom stereocenters. The lowest BCUT2D eigenvalue weighted by atomic mass is 10.1. The van der Waals surface area contributed by atoms with Gasteiger partial charge in [0.1, 0.15) is 5.75 Å². The van der Waals surface area contributed by atoms with Gasteiger partial charge in [0.25, 0.3) is 5.69 Å². The number of carbonyl (C=O) groups is 2. The standard InChI is InChI=1S/C37H25F6N7O5S/c38-36(39,40)33(51)44-24-18-25(45-34(52)37(41,42)43)20-30(19-24)55-17-16-22-6-10-27(11-7-22)49(26-4-2-1-3-5-26)28-12-8-23(9-13-28)47-48-35-46-31-15-14-29(50(53)54)21-32(31)56-35/h1-15,18-21H,16-17H2,(H,44,51)(H,45,52). The average molecular weight is 794 g/mol. The van der Waals surface area contributed by atoms with Crippen LogP contribution in [0.3, 0.4) is 0 Å². The van der Waals surface area contributed by atoms with Crippen molar-refractivity contribution in [2.45, 2.75) is 18.8 Å². The molecule has 0 aliphatic carbocycles. The second kappa shape index (κ2) is 16.2. The zero-order valence-electron chi connectivity index (χ0n) is 28.3. The number of non-ortho nitro benzene ring substituents is 1. The van der Waals surface area contributed by atoms with E-state index in [1.165, 1.54) is 23.5 Å². The summed E-state index contributed by atoms with van der Waals surface area (Å²) in [6.45, 7) is -0.0714. The van der Waals surface area contributed by atoms with Crippen molar-refractivity contribution in [3.8, 4) is 5.75 Å². The molecule has 0 bridgehead atoms. The maximum atomic E-state index is 12.8. The Labute approximate surface area is 316 Å². The lowest BCUT2D eigenvalue weighted by Gasteiger charge is -2.25. The van der Waals surface area contributed by atoms with Gasteiger partial charge in [0.15, 0.2) is 0 Å². The molecule has 6 aromatic rings. The number of rotatable bonds is 12. The predicted octanol–water partition coefficient (Wildman–Crippen LogP) is 10.7. The summed E-state index contributed by atoms with van der Waals surface area (Å²) in [7, 11) is 0. The molecule has 0 aliphatic rings. The Morgan fingerprint density at radius 1 is 0.750 bits per heavy atom. The van der Waals surface area contributed by atoms with Crippen molar-refractivity contribution in [3.05, 3.63) is 131 Å². The molecule has 0 atom stereocenters. The van der Waals surface area contributed by atoms with Crippen LogP contribution in [0.2, 0.25) is 0 Å². The summed E-state index contributed by atoms with van der Waals surface area (Å²) >= 11 is 1.17. The first-order valence-corrected chi connectivity index (χ1v) is 17.0. The Bertz CT molecular complexity index is 2360. The molecular weight excluding hydrogens is 769 g/mol. The maximum Gasteiger partial charge on any atom is 0.471 e. The highest BCUT2D eigenvalue weighted by molar-refractivity contribution is 7.21. The van der Waals surface area contributed by atoms with Gasteiger partial charge in [0, 0.05) is 59.1 Å². The zero-order valence-corrected chi connectivity index (χ0v) is 29.2. The molecule has 0 aliphatic heterocycles. The van der Waals surface area contributed by atoms with Crippen LogP contribution in [-0.2, 0) is 16.0 Å². The van der Waals surface area contributed by atoms with E-state index in [0.717, 1.165) is 40.8 Å². The highest BCUT2D eigenvalue weighted by Crippen LogP contribution is 2.37. The van der Waals surface area contributed by atoms with Gasteiger partial charge in [0.2, 0.25) is 5.13 Å². The number of nitrogens with zero attached hydrogens (tertiary/aromatic N) is 5. The molecule has 1 aromatic heterocycles. The number of alkyl halides is 6. The Hall–Kier alpha value is -6.89. The molecule has 1 heterocycles. The average Bonchev–Trinajstić information content (AvgIpc) is 3.57. The van der Waals surface area contributed by atoms with Crippen LogP contribution in [0.1, 0.15) is 5.56 Å². The van der Waals surface area contributed by atoms with E-state index < -0.39 is 40.5 Å². The smallest absolute Gasteiger partial charge is 0.471 e. The van der Waals surface area contributed by atoms with Crippen molar-refractivity contribution in [2.24, 2.45) is 10.2 Å². The normalized spacial score (nSPS) is 11.8. The first kappa shape index (κ1) is 38.8. The third kappa shape index (κ3) is 9.80. The second-order valence-corrected chi connectivity index (χ2v) is 12.7. The first-order chi connectivity index (χ1) is 26.6. The Morgan fingerprint density at radius 3 is 1.89 bits per heavy atom. The minimum absolute atomic E-state index is 0.0460. The van der Waals surface area contributed by atoms with Crippen LogP contribution in [0.15, 0.2) is 125 Å². The second-order valence-electron chi connectivity index (χ2n) is 11.7. The van der Waals surface area contributed by atoms with E-state index in [2.05, 4.69) is 15.2 Å². The Morgan fingerprint density at radius 2 is 1.32 bits per heavy atom. The molecule has 0 saturated carbocycles. The fraction of sp³-hybridized carbons (Fsp3) is 0.108. The highest BCUT2D eigenvalue weighted by Gasteiger charge is 2.40. The molecule has 0 saturated heterocycles. The Balaban J connectivity index is 1.15. The predicted molar refractivity (Wildman–Crippen MR) is 197 cm³/mol. The quantitative estimate of drug-likeness (QED) is 0.0541.